The molecule has 0 unspecified atom stereocenters. The molecule has 0 radical (unpaired) electrons. The summed E-state index contributed by atoms with van der Waals surface area (Å²) < 4.78 is 27.0. The number of hydrogen-bond donors (Lipinski definition) is 2. The van der Waals surface area contributed by atoms with Crippen LogP contribution in [0.4, 0.5) is 4.39 Å². The van der Waals surface area contributed by atoms with Gasteiger partial charge in [-0.3, -0.25) is 4.90 Å². The van der Waals surface area contributed by atoms with E-state index in [9.17, 15) is 14.6 Å². The lowest BCUT2D eigenvalue weighted by Gasteiger charge is -2.42. The second-order valence-corrected chi connectivity index (χ2v) is 8.88. The predicted molar refractivity (Wildman–Crippen MR) is 126 cm³/mol. The van der Waals surface area contributed by atoms with Crippen molar-refractivity contribution in [3.63, 3.8) is 0 Å². The summed E-state index contributed by atoms with van der Waals surface area (Å²) in [6.07, 6.45) is 4.16. The maximum atomic E-state index is 13.4. The lowest BCUT2D eigenvalue weighted by atomic mass is 9.90. The van der Waals surface area contributed by atoms with Gasteiger partial charge in [-0.1, -0.05) is 18.2 Å². The number of aliphatic hydroxyl groups excluding tert-OH is 1. The Labute approximate surface area is 199 Å². The van der Waals surface area contributed by atoms with Gasteiger partial charge in [0.2, 0.25) is 0 Å². The van der Waals surface area contributed by atoms with Crippen LogP contribution in [0.3, 0.4) is 0 Å². The van der Waals surface area contributed by atoms with E-state index in [1.165, 1.54) is 12.1 Å². The molecular formula is C26H32FN3O4. The van der Waals surface area contributed by atoms with Crippen molar-refractivity contribution >= 4 is 0 Å². The van der Waals surface area contributed by atoms with E-state index < -0.39 is 17.5 Å². The minimum absolute atomic E-state index is 0.117. The van der Waals surface area contributed by atoms with Crippen LogP contribution in [0.25, 0.3) is 0 Å². The highest BCUT2D eigenvalue weighted by Crippen LogP contribution is 2.26. The Morgan fingerprint density at radius 1 is 1.15 bits per heavy atom. The molecule has 3 aromatic rings. The van der Waals surface area contributed by atoms with Crippen molar-refractivity contribution in [3.05, 3.63) is 78.1 Å². The van der Waals surface area contributed by atoms with Gasteiger partial charge in [0.05, 0.1) is 12.7 Å². The molecule has 0 aliphatic carbocycles. The molecule has 0 spiro atoms. The van der Waals surface area contributed by atoms with Crippen LogP contribution in [0.1, 0.15) is 24.2 Å². The van der Waals surface area contributed by atoms with Gasteiger partial charge in [-0.05, 0) is 49.6 Å². The third kappa shape index (κ3) is 6.34. The number of hydrogen-bond acceptors (Lipinski definition) is 6. The number of rotatable bonds is 10. The highest BCUT2D eigenvalue weighted by molar-refractivity contribution is 5.28. The van der Waals surface area contributed by atoms with Gasteiger partial charge in [0.1, 0.15) is 35.3 Å². The Kier molecular flexibility index (Phi) is 7.82. The molecule has 2 N–H and O–H groups in total. The fraction of sp³-hybridized carbons (Fsp3) is 0.423. The first kappa shape index (κ1) is 24.2. The molecule has 182 valence electrons. The van der Waals surface area contributed by atoms with Crippen LogP contribution < -0.4 is 9.47 Å². The average Bonchev–Trinajstić information content (AvgIpc) is 3.23. The van der Waals surface area contributed by atoms with Crippen LogP contribution in [-0.4, -0.2) is 62.7 Å². The zero-order valence-corrected chi connectivity index (χ0v) is 19.4. The highest BCUT2D eigenvalue weighted by Gasteiger charge is 2.42. The van der Waals surface area contributed by atoms with Gasteiger partial charge in [0, 0.05) is 44.6 Å². The van der Waals surface area contributed by atoms with Gasteiger partial charge in [0.25, 0.3) is 0 Å². The number of β-amino-alcohol motifs (C(OH)–C–C–N with tert-alkyl or cyclic N) is 1. The van der Waals surface area contributed by atoms with Gasteiger partial charge in [-0.2, -0.15) is 0 Å². The summed E-state index contributed by atoms with van der Waals surface area (Å²) in [7, 11) is 0. The molecule has 1 aromatic heterocycles. The van der Waals surface area contributed by atoms with Gasteiger partial charge in [0.15, 0.2) is 0 Å². The number of ether oxygens (including phenoxy) is 2. The molecule has 2 aromatic carbocycles. The van der Waals surface area contributed by atoms with Crippen LogP contribution in [0.2, 0.25) is 0 Å². The number of benzene rings is 2. The highest BCUT2D eigenvalue weighted by atomic mass is 19.1. The number of imidazole rings is 1. The summed E-state index contributed by atoms with van der Waals surface area (Å²) in [6.45, 7) is 4.84. The van der Waals surface area contributed by atoms with Crippen LogP contribution in [-0.2, 0) is 13.1 Å². The van der Waals surface area contributed by atoms with Gasteiger partial charge >= 0.3 is 0 Å². The first-order chi connectivity index (χ1) is 16.4. The minimum atomic E-state index is -1.44. The zero-order chi connectivity index (χ0) is 24.0. The van der Waals surface area contributed by atoms with Gasteiger partial charge in [-0.25, -0.2) is 9.37 Å². The first-order valence-electron chi connectivity index (χ1n) is 11.6. The Morgan fingerprint density at radius 3 is 2.71 bits per heavy atom. The largest absolute Gasteiger partial charge is 0.494 e. The van der Waals surface area contributed by atoms with E-state index in [1.54, 1.807) is 18.3 Å². The van der Waals surface area contributed by atoms with Crippen molar-refractivity contribution in [2.24, 2.45) is 0 Å². The number of aliphatic hydroxyl groups is 2. The molecule has 34 heavy (non-hydrogen) atoms. The van der Waals surface area contributed by atoms with Crippen LogP contribution in [0.5, 0.6) is 11.5 Å². The molecule has 0 saturated carbocycles. The summed E-state index contributed by atoms with van der Waals surface area (Å²) in [5.41, 5.74) is -0.378. The third-order valence-corrected chi connectivity index (χ3v) is 6.16. The summed E-state index contributed by atoms with van der Waals surface area (Å²) in [5.74, 6) is 1.72. The molecular weight excluding hydrogens is 437 g/mol. The smallest absolute Gasteiger partial charge is 0.137 e. The van der Waals surface area contributed by atoms with Crippen LogP contribution >= 0.6 is 0 Å². The van der Waals surface area contributed by atoms with E-state index in [4.69, 9.17) is 9.47 Å². The second kappa shape index (κ2) is 11.0. The molecule has 4 rings (SSSR count). The predicted octanol–water partition coefficient (Wildman–Crippen LogP) is 3.18. The maximum absolute atomic E-state index is 13.4. The lowest BCUT2D eigenvalue weighted by Crippen LogP contribution is -2.59. The second-order valence-electron chi connectivity index (χ2n) is 8.88. The topological polar surface area (TPSA) is 80.0 Å². The lowest BCUT2D eigenvalue weighted by molar-refractivity contribution is -0.140. The number of halogens is 1. The number of aryl methyl sites for hydroxylation is 2. The van der Waals surface area contributed by atoms with E-state index in [1.807, 2.05) is 37.4 Å². The van der Waals surface area contributed by atoms with Crippen LogP contribution in [0, 0.1) is 12.7 Å². The molecule has 0 bridgehead atoms. The molecule has 8 heteroatoms. The monoisotopic (exact) mass is 469 g/mol. The van der Waals surface area contributed by atoms with Crippen molar-refractivity contribution in [1.82, 2.24) is 14.5 Å². The van der Waals surface area contributed by atoms with Crippen LogP contribution in [0.15, 0.2) is 60.9 Å². The quantitative estimate of drug-likeness (QED) is 0.444. The molecule has 1 aliphatic rings. The summed E-state index contributed by atoms with van der Waals surface area (Å²) >= 11 is 0. The maximum Gasteiger partial charge on any atom is 0.137 e. The third-order valence-electron chi connectivity index (χ3n) is 6.16. The standard InChI is InChI=1S/C26H32FN3O4/c1-20-28-10-13-30(20)11-4-14-33-23-7-2-5-21(15-23)17-29-12-9-25(31)26(32,18-29)19-34-24-8-3-6-22(27)16-24/h2-3,5-8,10,13,15-16,25,31-32H,4,9,11-12,14,17-19H2,1H3/t25-,26-/m0/s1. The summed E-state index contributed by atoms with van der Waals surface area (Å²) in [5, 5.41) is 21.5. The minimum Gasteiger partial charge on any atom is -0.494 e. The molecule has 0 amide bonds. The normalized spacial score (nSPS) is 20.9. The van der Waals surface area contributed by atoms with Crippen molar-refractivity contribution in [2.45, 2.75) is 44.6 Å². The van der Waals surface area contributed by atoms with E-state index in [0.717, 1.165) is 30.1 Å². The van der Waals surface area contributed by atoms with Crippen molar-refractivity contribution in [2.75, 3.05) is 26.3 Å². The molecule has 2 heterocycles. The number of aromatic nitrogens is 2. The van der Waals surface area contributed by atoms with Crippen molar-refractivity contribution in [3.8, 4) is 11.5 Å². The molecule has 1 fully saturated rings. The van der Waals surface area contributed by atoms with E-state index in [0.29, 0.717) is 31.9 Å². The Balaban J connectivity index is 1.29. The van der Waals surface area contributed by atoms with Gasteiger partial charge < -0.3 is 24.3 Å². The molecule has 1 aliphatic heterocycles. The average molecular weight is 470 g/mol. The summed E-state index contributed by atoms with van der Waals surface area (Å²) in [4.78, 5) is 6.31. The number of nitrogens with zero attached hydrogens (tertiary/aromatic N) is 3. The molecule has 2 atom stereocenters. The Hall–Kier alpha value is -2.94. The first-order valence-corrected chi connectivity index (χ1v) is 11.6. The van der Waals surface area contributed by atoms with Crippen molar-refractivity contribution < 1.29 is 24.1 Å². The SMILES string of the molecule is Cc1nccn1CCCOc1cccc(CN2CC[C@H](O)[C@@](O)(COc3cccc(F)c3)C2)c1. The molecule has 1 saturated heterocycles. The van der Waals surface area contributed by atoms with E-state index in [2.05, 4.69) is 14.5 Å². The summed E-state index contributed by atoms with van der Waals surface area (Å²) in [6, 6.07) is 13.7. The van der Waals surface area contributed by atoms with Crippen molar-refractivity contribution in [1.29, 1.82) is 0 Å². The number of piperidine rings is 1. The van der Waals surface area contributed by atoms with Gasteiger partial charge in [-0.15, -0.1) is 0 Å². The van der Waals surface area contributed by atoms with E-state index in [-0.39, 0.29) is 13.2 Å². The number of likely N-dealkylation sites (tertiary alicyclic amines) is 1. The van der Waals surface area contributed by atoms with E-state index >= 15 is 0 Å². The zero-order valence-electron chi connectivity index (χ0n) is 19.4. The Bertz CT molecular complexity index is 1080. The molecule has 7 nitrogen and oxygen atoms in total. The fourth-order valence-electron chi connectivity index (χ4n) is 4.24. The fourth-order valence-corrected chi connectivity index (χ4v) is 4.24. The Morgan fingerprint density at radius 2 is 1.94 bits per heavy atom.